The maximum Gasteiger partial charge on any atom is 0.224 e. The van der Waals surface area contributed by atoms with E-state index in [-0.39, 0.29) is 5.91 Å². The molecule has 0 atom stereocenters. The molecular weight excluding hydrogens is 262 g/mol. The van der Waals surface area contributed by atoms with Crippen molar-refractivity contribution in [2.45, 2.75) is 39.8 Å². The molecule has 0 spiro atoms. The molecule has 0 saturated carbocycles. The van der Waals surface area contributed by atoms with Gasteiger partial charge in [-0.25, -0.2) is 0 Å². The van der Waals surface area contributed by atoms with E-state index in [1.165, 1.54) is 5.69 Å². The average Bonchev–Trinajstić information content (AvgIpc) is 2.93. The first-order chi connectivity index (χ1) is 10.2. The Kier molecular flexibility index (Phi) is 5.43. The van der Waals surface area contributed by atoms with Crippen LogP contribution in [0, 0.1) is 0 Å². The maximum absolute atomic E-state index is 11.4. The molecule has 112 valence electrons. The summed E-state index contributed by atoms with van der Waals surface area (Å²) in [6.07, 6.45) is 3.72. The van der Waals surface area contributed by atoms with Crippen LogP contribution in [0.15, 0.2) is 42.6 Å². The minimum atomic E-state index is 0.0315. The highest BCUT2D eigenvalue weighted by atomic mass is 16.1. The minimum absolute atomic E-state index is 0.0315. The lowest BCUT2D eigenvalue weighted by atomic mass is 10.2. The summed E-state index contributed by atoms with van der Waals surface area (Å²) in [5, 5.41) is 6.28. The van der Waals surface area contributed by atoms with Gasteiger partial charge in [0.2, 0.25) is 5.91 Å². The Balaban J connectivity index is 1.98. The van der Waals surface area contributed by atoms with Crippen LogP contribution in [0.3, 0.4) is 0 Å². The summed E-state index contributed by atoms with van der Waals surface area (Å²) in [4.78, 5) is 11.4. The Labute approximate surface area is 126 Å². The SMILES string of the molecule is CCCn1cccc1CNc1cccc(NC(=O)CC)c1. The number of nitrogens with one attached hydrogen (secondary N) is 2. The van der Waals surface area contributed by atoms with E-state index < -0.39 is 0 Å². The fourth-order valence-corrected chi connectivity index (χ4v) is 2.22. The van der Waals surface area contributed by atoms with E-state index in [1.807, 2.05) is 31.2 Å². The zero-order valence-electron chi connectivity index (χ0n) is 12.7. The highest BCUT2D eigenvalue weighted by molar-refractivity contribution is 5.90. The number of carbonyl (C=O) groups excluding carboxylic acids is 1. The molecule has 1 amide bonds. The maximum atomic E-state index is 11.4. The van der Waals surface area contributed by atoms with Crippen LogP contribution >= 0.6 is 0 Å². The molecule has 0 fully saturated rings. The van der Waals surface area contributed by atoms with Crippen LogP contribution in [0.1, 0.15) is 32.4 Å². The summed E-state index contributed by atoms with van der Waals surface area (Å²) in [6.45, 7) is 5.84. The van der Waals surface area contributed by atoms with Crippen LogP contribution < -0.4 is 10.6 Å². The molecule has 0 bridgehead atoms. The number of hydrogen-bond acceptors (Lipinski definition) is 2. The first kappa shape index (κ1) is 15.2. The summed E-state index contributed by atoms with van der Waals surface area (Å²) < 4.78 is 2.26. The predicted octanol–water partition coefficient (Wildman–Crippen LogP) is 3.86. The van der Waals surface area contributed by atoms with Gasteiger partial charge in [-0.3, -0.25) is 4.79 Å². The number of hydrogen-bond donors (Lipinski definition) is 2. The van der Waals surface area contributed by atoms with E-state index in [1.54, 1.807) is 0 Å². The molecular formula is C17H23N3O. The molecule has 0 saturated heterocycles. The number of anilines is 2. The molecule has 2 N–H and O–H groups in total. The molecule has 21 heavy (non-hydrogen) atoms. The lowest BCUT2D eigenvalue weighted by Crippen LogP contribution is -2.10. The molecule has 4 heteroatoms. The standard InChI is InChI=1S/C17H23N3O/c1-3-10-20-11-6-9-16(20)13-18-14-7-5-8-15(12-14)19-17(21)4-2/h5-9,11-12,18H,3-4,10,13H2,1-2H3,(H,19,21). The third-order valence-electron chi connectivity index (χ3n) is 3.33. The second kappa shape index (κ2) is 7.53. The minimum Gasteiger partial charge on any atom is -0.379 e. The Hall–Kier alpha value is -2.23. The average molecular weight is 285 g/mol. The van der Waals surface area contributed by atoms with Crippen LogP contribution in [-0.4, -0.2) is 10.5 Å². The molecule has 2 aromatic rings. The van der Waals surface area contributed by atoms with Crippen molar-refractivity contribution in [1.82, 2.24) is 4.57 Å². The third kappa shape index (κ3) is 4.38. The lowest BCUT2D eigenvalue weighted by Gasteiger charge is -2.11. The smallest absolute Gasteiger partial charge is 0.224 e. The van der Waals surface area contributed by atoms with Crippen molar-refractivity contribution in [3.63, 3.8) is 0 Å². The number of carbonyl (C=O) groups is 1. The van der Waals surface area contributed by atoms with Crippen molar-refractivity contribution >= 4 is 17.3 Å². The van der Waals surface area contributed by atoms with Crippen LogP contribution in [0.2, 0.25) is 0 Å². The number of rotatable bonds is 7. The Bertz CT molecular complexity index is 589. The van der Waals surface area contributed by atoms with Crippen molar-refractivity contribution < 1.29 is 4.79 Å². The Morgan fingerprint density at radius 2 is 1.95 bits per heavy atom. The van der Waals surface area contributed by atoms with Crippen LogP contribution in [-0.2, 0) is 17.9 Å². The lowest BCUT2D eigenvalue weighted by molar-refractivity contribution is -0.115. The molecule has 0 aliphatic carbocycles. The Morgan fingerprint density at radius 3 is 2.71 bits per heavy atom. The van der Waals surface area contributed by atoms with E-state index in [4.69, 9.17) is 0 Å². The van der Waals surface area contributed by atoms with Crippen LogP contribution in [0.25, 0.3) is 0 Å². The summed E-state index contributed by atoms with van der Waals surface area (Å²) in [7, 11) is 0. The number of aryl methyl sites for hydroxylation is 1. The highest BCUT2D eigenvalue weighted by Crippen LogP contribution is 2.16. The number of benzene rings is 1. The molecule has 0 radical (unpaired) electrons. The van der Waals surface area contributed by atoms with Gasteiger partial charge in [0.25, 0.3) is 0 Å². The predicted molar refractivity (Wildman–Crippen MR) is 87.4 cm³/mol. The van der Waals surface area contributed by atoms with E-state index in [0.29, 0.717) is 6.42 Å². The molecule has 1 heterocycles. The van der Waals surface area contributed by atoms with E-state index >= 15 is 0 Å². The van der Waals surface area contributed by atoms with Crippen molar-refractivity contribution in [2.75, 3.05) is 10.6 Å². The topological polar surface area (TPSA) is 46.1 Å². The highest BCUT2D eigenvalue weighted by Gasteiger charge is 2.02. The van der Waals surface area contributed by atoms with E-state index in [0.717, 1.165) is 30.9 Å². The van der Waals surface area contributed by atoms with Gasteiger partial charge < -0.3 is 15.2 Å². The molecule has 1 aromatic heterocycles. The second-order valence-corrected chi connectivity index (χ2v) is 5.03. The van der Waals surface area contributed by atoms with Crippen molar-refractivity contribution in [3.05, 3.63) is 48.3 Å². The van der Waals surface area contributed by atoms with Gasteiger partial charge >= 0.3 is 0 Å². The fourth-order valence-electron chi connectivity index (χ4n) is 2.22. The zero-order chi connectivity index (χ0) is 15.1. The van der Waals surface area contributed by atoms with Crippen molar-refractivity contribution in [2.24, 2.45) is 0 Å². The normalized spacial score (nSPS) is 10.4. The molecule has 0 unspecified atom stereocenters. The van der Waals surface area contributed by atoms with Gasteiger partial charge in [0.15, 0.2) is 0 Å². The summed E-state index contributed by atoms with van der Waals surface area (Å²) in [5.41, 5.74) is 3.10. The van der Waals surface area contributed by atoms with Crippen LogP contribution in [0.5, 0.6) is 0 Å². The molecule has 1 aromatic carbocycles. The van der Waals surface area contributed by atoms with Crippen LogP contribution in [0.4, 0.5) is 11.4 Å². The van der Waals surface area contributed by atoms with Crippen molar-refractivity contribution in [3.8, 4) is 0 Å². The van der Waals surface area contributed by atoms with Gasteiger partial charge in [0.1, 0.15) is 0 Å². The summed E-state index contributed by atoms with van der Waals surface area (Å²) in [6, 6.07) is 12.0. The van der Waals surface area contributed by atoms with Gasteiger partial charge in [0, 0.05) is 36.2 Å². The quantitative estimate of drug-likeness (QED) is 0.811. The van der Waals surface area contributed by atoms with Gasteiger partial charge in [-0.15, -0.1) is 0 Å². The van der Waals surface area contributed by atoms with Gasteiger partial charge in [-0.1, -0.05) is 19.9 Å². The first-order valence-electron chi connectivity index (χ1n) is 7.50. The van der Waals surface area contributed by atoms with Gasteiger partial charge in [-0.05, 0) is 36.8 Å². The Morgan fingerprint density at radius 1 is 1.14 bits per heavy atom. The second-order valence-electron chi connectivity index (χ2n) is 5.03. The van der Waals surface area contributed by atoms with Crippen molar-refractivity contribution in [1.29, 1.82) is 0 Å². The van der Waals surface area contributed by atoms with Gasteiger partial charge in [0.05, 0.1) is 6.54 Å². The third-order valence-corrected chi connectivity index (χ3v) is 3.33. The number of nitrogens with zero attached hydrogens (tertiary/aromatic N) is 1. The molecule has 4 nitrogen and oxygen atoms in total. The zero-order valence-corrected chi connectivity index (χ0v) is 12.7. The number of aromatic nitrogens is 1. The van der Waals surface area contributed by atoms with E-state index in [2.05, 4.69) is 40.5 Å². The molecule has 2 rings (SSSR count). The largest absolute Gasteiger partial charge is 0.379 e. The molecule has 0 aliphatic heterocycles. The van der Waals surface area contributed by atoms with E-state index in [9.17, 15) is 4.79 Å². The first-order valence-corrected chi connectivity index (χ1v) is 7.50. The fraction of sp³-hybridized carbons (Fsp3) is 0.353. The summed E-state index contributed by atoms with van der Waals surface area (Å²) in [5.74, 6) is 0.0315. The monoisotopic (exact) mass is 285 g/mol. The van der Waals surface area contributed by atoms with Gasteiger partial charge in [-0.2, -0.15) is 0 Å². The summed E-state index contributed by atoms with van der Waals surface area (Å²) >= 11 is 0. The molecule has 0 aliphatic rings. The number of amides is 1.